The van der Waals surface area contributed by atoms with Gasteiger partial charge in [-0.2, -0.15) is 0 Å². The fraction of sp³-hybridized carbons (Fsp3) is 0.462. The predicted molar refractivity (Wildman–Crippen MR) is 85.7 cm³/mol. The second kappa shape index (κ2) is 7.38. The first-order valence-electron chi connectivity index (χ1n) is 6.76. The van der Waals surface area contributed by atoms with E-state index in [1.165, 1.54) is 6.07 Å². The van der Waals surface area contributed by atoms with Gasteiger partial charge in [-0.25, -0.2) is 4.79 Å². The van der Waals surface area contributed by atoms with E-state index in [1.807, 2.05) is 0 Å². The summed E-state index contributed by atoms with van der Waals surface area (Å²) in [6.45, 7) is 5.75. The lowest BCUT2D eigenvalue weighted by molar-refractivity contribution is -0.384. The molecule has 4 N–H and O–H groups in total. The topological polar surface area (TPSA) is 149 Å². The van der Waals surface area contributed by atoms with Crippen molar-refractivity contribution in [3.63, 3.8) is 0 Å². The average Bonchev–Trinajstić information content (AvgIpc) is 2.42. The minimum Gasteiger partial charge on any atom is -0.444 e. The monoisotopic (exact) mass is 325 g/mol. The minimum atomic E-state index is -0.735. The van der Waals surface area contributed by atoms with Gasteiger partial charge in [-0.3, -0.25) is 10.1 Å². The number of anilines is 2. The molecule has 0 unspecified atom stereocenters. The minimum absolute atomic E-state index is 0.119. The molecule has 10 nitrogen and oxygen atoms in total. The van der Waals surface area contributed by atoms with Gasteiger partial charge in [0.2, 0.25) is 5.69 Å². The third-order valence-corrected chi connectivity index (χ3v) is 2.59. The summed E-state index contributed by atoms with van der Waals surface area (Å²) in [6.07, 6.45) is -0.564. The number of nitrogen functional groups attached to an aromatic ring is 1. The molecule has 126 valence electrons. The summed E-state index contributed by atoms with van der Waals surface area (Å²) in [5, 5.41) is 18.7. The Morgan fingerprint density at radius 1 is 1.39 bits per heavy atom. The fourth-order valence-corrected chi connectivity index (χ4v) is 1.67. The zero-order valence-corrected chi connectivity index (χ0v) is 13.1. The number of hydrogen-bond acceptors (Lipinski definition) is 8. The third kappa shape index (κ3) is 5.41. The average molecular weight is 325 g/mol. The molecule has 1 aromatic carbocycles. The van der Waals surface area contributed by atoms with E-state index in [-0.39, 0.29) is 18.8 Å². The molecule has 1 rings (SSSR count). The molecule has 0 aliphatic carbocycles. The van der Waals surface area contributed by atoms with E-state index in [0.717, 1.165) is 6.07 Å². The number of nitrogens with one attached hydrogen (secondary N) is 2. The number of amides is 1. The lowest BCUT2D eigenvalue weighted by Crippen LogP contribution is -2.35. The molecular weight excluding hydrogens is 306 g/mol. The molecule has 1 aromatic rings. The maximum Gasteiger partial charge on any atom is 0.407 e. The summed E-state index contributed by atoms with van der Waals surface area (Å²) < 4.78 is 5.06. The van der Waals surface area contributed by atoms with E-state index in [2.05, 4.69) is 15.8 Å². The highest BCUT2D eigenvalue weighted by Crippen LogP contribution is 2.38. The first kappa shape index (κ1) is 18.1. The second-order valence-corrected chi connectivity index (χ2v) is 5.60. The molecule has 0 saturated heterocycles. The Balaban J connectivity index is 2.61. The van der Waals surface area contributed by atoms with E-state index < -0.39 is 28.0 Å². The van der Waals surface area contributed by atoms with Crippen LogP contribution in [0.15, 0.2) is 17.3 Å². The molecule has 0 radical (unpaired) electrons. The third-order valence-electron chi connectivity index (χ3n) is 2.59. The van der Waals surface area contributed by atoms with Crippen molar-refractivity contribution in [2.45, 2.75) is 26.4 Å². The number of benzene rings is 1. The van der Waals surface area contributed by atoms with Gasteiger partial charge in [0, 0.05) is 19.2 Å². The number of hydrogen-bond donors (Lipinski definition) is 3. The normalized spacial score (nSPS) is 10.7. The van der Waals surface area contributed by atoms with E-state index in [4.69, 9.17) is 10.5 Å². The van der Waals surface area contributed by atoms with Gasteiger partial charge < -0.3 is 21.1 Å². The Hall–Kier alpha value is -2.91. The molecule has 0 aliphatic heterocycles. The number of nitrogens with zero attached hydrogens (tertiary/aromatic N) is 2. The summed E-state index contributed by atoms with van der Waals surface area (Å²) in [6, 6.07) is 2.51. The molecule has 0 aliphatic rings. The highest BCUT2D eigenvalue weighted by molar-refractivity contribution is 5.84. The molecule has 0 atom stereocenters. The van der Waals surface area contributed by atoms with Crippen LogP contribution in [0.3, 0.4) is 0 Å². The van der Waals surface area contributed by atoms with E-state index in [1.54, 1.807) is 20.8 Å². The van der Waals surface area contributed by atoms with Crippen LogP contribution < -0.4 is 16.4 Å². The van der Waals surface area contributed by atoms with E-state index >= 15 is 0 Å². The van der Waals surface area contributed by atoms with Crippen LogP contribution in [-0.4, -0.2) is 29.7 Å². The van der Waals surface area contributed by atoms with Crippen molar-refractivity contribution in [3.8, 4) is 0 Å². The summed E-state index contributed by atoms with van der Waals surface area (Å²) in [7, 11) is 0. The number of nitro benzene ring substituents is 1. The number of carbonyl (C=O) groups excluding carboxylic acids is 1. The molecule has 0 bridgehead atoms. The van der Waals surface area contributed by atoms with Gasteiger partial charge in [0.15, 0.2) is 0 Å². The van der Waals surface area contributed by atoms with Crippen LogP contribution in [0.25, 0.3) is 0 Å². The van der Waals surface area contributed by atoms with Gasteiger partial charge in [-0.1, -0.05) is 0 Å². The number of alkyl carbamates (subject to hydrolysis) is 1. The van der Waals surface area contributed by atoms with Crippen LogP contribution in [0, 0.1) is 15.0 Å². The Morgan fingerprint density at radius 2 is 2.04 bits per heavy atom. The SMILES string of the molecule is CC(C)(C)OC(=O)NCCNc1ccc([N+](=O)[O-])c(N=O)c1N. The van der Waals surface area contributed by atoms with E-state index in [0.29, 0.717) is 5.69 Å². The maximum absolute atomic E-state index is 11.4. The summed E-state index contributed by atoms with van der Waals surface area (Å²) >= 11 is 0. The van der Waals surface area contributed by atoms with Gasteiger partial charge in [0.1, 0.15) is 5.60 Å². The number of nitrogens with two attached hydrogens (primary N) is 1. The van der Waals surface area contributed by atoms with Crippen molar-refractivity contribution in [1.29, 1.82) is 0 Å². The van der Waals surface area contributed by atoms with Crippen LogP contribution >= 0.6 is 0 Å². The molecule has 1 amide bonds. The second-order valence-electron chi connectivity index (χ2n) is 5.60. The van der Waals surface area contributed by atoms with Crippen LogP contribution in [0.4, 0.5) is 27.5 Å². The fourth-order valence-electron chi connectivity index (χ4n) is 1.67. The standard InChI is InChI=1S/C13H19N5O5/c1-13(2,3)23-12(19)16-7-6-15-8-4-5-9(18(21)22)11(17-20)10(8)14/h4-5,15H,6-7,14H2,1-3H3,(H,16,19). The number of rotatable bonds is 6. The van der Waals surface area contributed by atoms with Gasteiger partial charge in [0.25, 0.3) is 0 Å². The number of nitro groups is 1. The molecule has 23 heavy (non-hydrogen) atoms. The van der Waals surface area contributed by atoms with E-state index in [9.17, 15) is 19.8 Å². The zero-order chi connectivity index (χ0) is 17.6. The molecule has 10 heteroatoms. The van der Waals surface area contributed by atoms with Gasteiger partial charge >= 0.3 is 11.8 Å². The number of nitroso groups, excluding NO2 is 1. The quantitative estimate of drug-likeness (QED) is 0.239. The van der Waals surface area contributed by atoms with Crippen LogP contribution in [0.2, 0.25) is 0 Å². The van der Waals surface area contributed by atoms with Gasteiger partial charge in [-0.05, 0) is 32.0 Å². The lowest BCUT2D eigenvalue weighted by atomic mass is 10.2. The largest absolute Gasteiger partial charge is 0.444 e. The Morgan fingerprint density at radius 3 is 2.57 bits per heavy atom. The Labute approximate surface area is 132 Å². The Bertz CT molecular complexity index is 612. The highest BCUT2D eigenvalue weighted by Gasteiger charge is 2.20. The van der Waals surface area contributed by atoms with Crippen molar-refractivity contribution < 1.29 is 14.5 Å². The van der Waals surface area contributed by atoms with Crippen molar-refractivity contribution in [2.75, 3.05) is 24.1 Å². The van der Waals surface area contributed by atoms with Crippen molar-refractivity contribution in [2.24, 2.45) is 5.18 Å². The highest BCUT2D eigenvalue weighted by atomic mass is 16.6. The predicted octanol–water partition coefficient (Wildman–Crippen LogP) is 2.51. The van der Waals surface area contributed by atoms with Crippen molar-refractivity contribution >= 4 is 28.8 Å². The van der Waals surface area contributed by atoms with Gasteiger partial charge in [-0.15, -0.1) is 4.91 Å². The van der Waals surface area contributed by atoms with Crippen molar-refractivity contribution in [1.82, 2.24) is 5.32 Å². The van der Waals surface area contributed by atoms with Crippen LogP contribution in [-0.2, 0) is 4.74 Å². The molecule has 0 aromatic heterocycles. The zero-order valence-electron chi connectivity index (χ0n) is 13.1. The van der Waals surface area contributed by atoms with Gasteiger partial charge in [0.05, 0.1) is 16.3 Å². The molecule has 0 spiro atoms. The number of ether oxygens (including phenoxy) is 1. The lowest BCUT2D eigenvalue weighted by Gasteiger charge is -2.19. The smallest absolute Gasteiger partial charge is 0.407 e. The molecule has 0 fully saturated rings. The summed E-state index contributed by atoms with van der Waals surface area (Å²) in [4.78, 5) is 32.2. The molecule has 0 heterocycles. The summed E-state index contributed by atoms with van der Waals surface area (Å²) in [5.41, 5.74) is 4.40. The van der Waals surface area contributed by atoms with Crippen LogP contribution in [0.1, 0.15) is 20.8 Å². The molecular formula is C13H19N5O5. The first-order chi connectivity index (χ1) is 10.7. The first-order valence-corrected chi connectivity index (χ1v) is 6.76. The Kier molecular flexibility index (Phi) is 5.82. The molecule has 0 saturated carbocycles. The maximum atomic E-state index is 11.4. The van der Waals surface area contributed by atoms with Crippen LogP contribution in [0.5, 0.6) is 0 Å². The van der Waals surface area contributed by atoms with Crippen molar-refractivity contribution in [3.05, 3.63) is 27.2 Å². The summed E-state index contributed by atoms with van der Waals surface area (Å²) in [5.74, 6) is 0. The number of carbonyl (C=O) groups is 1.